The van der Waals surface area contributed by atoms with Crippen molar-refractivity contribution in [2.75, 3.05) is 19.6 Å². The van der Waals surface area contributed by atoms with Crippen molar-refractivity contribution in [1.29, 1.82) is 0 Å². The molecule has 3 nitrogen and oxygen atoms in total. The maximum Gasteiger partial charge on any atom is 0.239 e. The third-order valence-electron chi connectivity index (χ3n) is 2.91. The molecule has 1 aliphatic heterocycles. The lowest BCUT2D eigenvalue weighted by Crippen LogP contribution is -2.49. The van der Waals surface area contributed by atoms with Gasteiger partial charge in [-0.2, -0.15) is 0 Å². The molecule has 1 unspecified atom stereocenters. The second-order valence-electron chi connectivity index (χ2n) is 4.33. The highest BCUT2D eigenvalue weighted by atomic mass is 16.2. The van der Waals surface area contributed by atoms with Gasteiger partial charge in [0.25, 0.3) is 0 Å². The monoisotopic (exact) mass is 212 g/mol. The number of piperidine rings is 1. The van der Waals surface area contributed by atoms with Gasteiger partial charge in [-0.05, 0) is 32.2 Å². The summed E-state index contributed by atoms with van der Waals surface area (Å²) in [6.07, 6.45) is 5.53. The first-order valence-electron chi connectivity index (χ1n) is 6.31. The third-order valence-corrected chi connectivity index (χ3v) is 2.91. The normalized spacial score (nSPS) is 21.3. The van der Waals surface area contributed by atoms with Gasteiger partial charge in [-0.15, -0.1) is 0 Å². The Morgan fingerprint density at radius 3 is 2.40 bits per heavy atom. The molecule has 0 aromatic carbocycles. The number of hydrogen-bond acceptors (Lipinski definition) is 2. The minimum Gasteiger partial charge on any atom is -0.341 e. The van der Waals surface area contributed by atoms with Crippen LogP contribution in [0.5, 0.6) is 0 Å². The molecule has 0 aliphatic carbocycles. The second-order valence-corrected chi connectivity index (χ2v) is 4.33. The van der Waals surface area contributed by atoms with E-state index < -0.39 is 0 Å². The van der Waals surface area contributed by atoms with Gasteiger partial charge < -0.3 is 10.2 Å². The fourth-order valence-electron chi connectivity index (χ4n) is 2.16. The van der Waals surface area contributed by atoms with E-state index in [1.54, 1.807) is 0 Å². The molecule has 88 valence electrons. The maximum absolute atomic E-state index is 12.1. The van der Waals surface area contributed by atoms with Crippen molar-refractivity contribution in [3.8, 4) is 0 Å². The number of rotatable bonds is 5. The van der Waals surface area contributed by atoms with E-state index in [1.165, 1.54) is 12.8 Å². The van der Waals surface area contributed by atoms with E-state index >= 15 is 0 Å². The number of nitrogens with one attached hydrogen (secondary N) is 1. The molecule has 1 rings (SSSR count). The van der Waals surface area contributed by atoms with Crippen LogP contribution in [-0.2, 0) is 4.79 Å². The summed E-state index contributed by atoms with van der Waals surface area (Å²) in [5.74, 6) is 0.318. The van der Waals surface area contributed by atoms with Gasteiger partial charge in [0.2, 0.25) is 5.91 Å². The molecular formula is C12H24N2O. The first kappa shape index (κ1) is 12.5. The van der Waals surface area contributed by atoms with Crippen molar-refractivity contribution in [2.45, 2.75) is 52.0 Å². The SMILES string of the molecule is CCCN(CCC)C(=O)C1CCCCN1. The zero-order valence-corrected chi connectivity index (χ0v) is 10.1. The molecule has 1 N–H and O–H groups in total. The minimum atomic E-state index is 0.0943. The minimum absolute atomic E-state index is 0.0943. The topological polar surface area (TPSA) is 32.3 Å². The molecule has 1 fully saturated rings. The summed E-state index contributed by atoms with van der Waals surface area (Å²) in [4.78, 5) is 14.2. The van der Waals surface area contributed by atoms with Gasteiger partial charge >= 0.3 is 0 Å². The van der Waals surface area contributed by atoms with Crippen molar-refractivity contribution in [3.05, 3.63) is 0 Å². The lowest BCUT2D eigenvalue weighted by atomic mass is 10.0. The Kier molecular flexibility index (Phi) is 5.69. The lowest BCUT2D eigenvalue weighted by molar-refractivity contribution is -0.134. The molecule has 0 bridgehead atoms. The van der Waals surface area contributed by atoms with Crippen LogP contribution in [0.4, 0.5) is 0 Å². The summed E-state index contributed by atoms with van der Waals surface area (Å²) >= 11 is 0. The molecule has 1 heterocycles. The van der Waals surface area contributed by atoms with Crippen LogP contribution in [0, 0.1) is 0 Å². The van der Waals surface area contributed by atoms with E-state index in [1.807, 2.05) is 4.90 Å². The molecule has 0 aromatic rings. The highest BCUT2D eigenvalue weighted by Crippen LogP contribution is 2.10. The zero-order valence-electron chi connectivity index (χ0n) is 10.1. The van der Waals surface area contributed by atoms with Crippen LogP contribution in [0.2, 0.25) is 0 Å². The molecule has 3 heteroatoms. The highest BCUT2D eigenvalue weighted by molar-refractivity contribution is 5.82. The fourth-order valence-corrected chi connectivity index (χ4v) is 2.16. The first-order valence-corrected chi connectivity index (χ1v) is 6.31. The Morgan fingerprint density at radius 1 is 1.27 bits per heavy atom. The number of hydrogen-bond donors (Lipinski definition) is 1. The van der Waals surface area contributed by atoms with Crippen molar-refractivity contribution >= 4 is 5.91 Å². The number of amides is 1. The average Bonchev–Trinajstić information content (AvgIpc) is 2.29. The fraction of sp³-hybridized carbons (Fsp3) is 0.917. The van der Waals surface area contributed by atoms with E-state index in [9.17, 15) is 4.79 Å². The summed E-state index contributed by atoms with van der Waals surface area (Å²) in [7, 11) is 0. The van der Waals surface area contributed by atoms with E-state index in [4.69, 9.17) is 0 Å². The van der Waals surface area contributed by atoms with Crippen molar-refractivity contribution in [3.63, 3.8) is 0 Å². The van der Waals surface area contributed by atoms with Gasteiger partial charge in [0.05, 0.1) is 6.04 Å². The predicted molar refractivity (Wildman–Crippen MR) is 62.8 cm³/mol. The largest absolute Gasteiger partial charge is 0.341 e. The molecule has 15 heavy (non-hydrogen) atoms. The summed E-state index contributed by atoms with van der Waals surface area (Å²) in [6, 6.07) is 0.0943. The number of carbonyl (C=O) groups is 1. The van der Waals surface area contributed by atoms with Crippen molar-refractivity contribution < 1.29 is 4.79 Å². The van der Waals surface area contributed by atoms with Crippen LogP contribution in [0.15, 0.2) is 0 Å². The van der Waals surface area contributed by atoms with Gasteiger partial charge in [-0.1, -0.05) is 20.3 Å². The first-order chi connectivity index (χ1) is 7.29. The third kappa shape index (κ3) is 3.82. The van der Waals surface area contributed by atoms with Gasteiger partial charge in [0.1, 0.15) is 0 Å². The molecule has 1 aliphatic rings. The zero-order chi connectivity index (χ0) is 11.1. The van der Waals surface area contributed by atoms with E-state index in [2.05, 4.69) is 19.2 Å². The Hall–Kier alpha value is -0.570. The molecule has 0 saturated carbocycles. The van der Waals surface area contributed by atoms with Crippen molar-refractivity contribution in [1.82, 2.24) is 10.2 Å². The lowest BCUT2D eigenvalue weighted by Gasteiger charge is -2.29. The summed E-state index contributed by atoms with van der Waals surface area (Å²) in [5.41, 5.74) is 0. The maximum atomic E-state index is 12.1. The average molecular weight is 212 g/mol. The standard InChI is InChI=1S/C12H24N2O/c1-3-9-14(10-4-2)12(15)11-7-5-6-8-13-11/h11,13H,3-10H2,1-2H3. The number of carbonyl (C=O) groups excluding carboxylic acids is 1. The van der Waals surface area contributed by atoms with Gasteiger partial charge in [0.15, 0.2) is 0 Å². The molecule has 1 atom stereocenters. The highest BCUT2D eigenvalue weighted by Gasteiger charge is 2.24. The van der Waals surface area contributed by atoms with E-state index in [0.717, 1.165) is 38.9 Å². The van der Waals surface area contributed by atoms with E-state index in [-0.39, 0.29) is 6.04 Å². The molecule has 0 aromatic heterocycles. The van der Waals surface area contributed by atoms with Crippen LogP contribution in [0.25, 0.3) is 0 Å². The van der Waals surface area contributed by atoms with Crippen LogP contribution < -0.4 is 5.32 Å². The molecular weight excluding hydrogens is 188 g/mol. The van der Waals surface area contributed by atoms with Crippen LogP contribution in [0.1, 0.15) is 46.0 Å². The van der Waals surface area contributed by atoms with Crippen molar-refractivity contribution in [2.24, 2.45) is 0 Å². The Bertz CT molecular complexity index is 182. The number of nitrogens with zero attached hydrogens (tertiary/aromatic N) is 1. The molecule has 1 saturated heterocycles. The quantitative estimate of drug-likeness (QED) is 0.753. The Balaban J connectivity index is 2.45. The van der Waals surface area contributed by atoms with Crippen LogP contribution >= 0.6 is 0 Å². The molecule has 0 spiro atoms. The summed E-state index contributed by atoms with van der Waals surface area (Å²) < 4.78 is 0. The molecule has 0 radical (unpaired) electrons. The summed E-state index contributed by atoms with van der Waals surface area (Å²) in [5, 5.41) is 3.32. The van der Waals surface area contributed by atoms with Gasteiger partial charge in [-0.3, -0.25) is 4.79 Å². The smallest absolute Gasteiger partial charge is 0.239 e. The predicted octanol–water partition coefficient (Wildman–Crippen LogP) is 1.78. The van der Waals surface area contributed by atoms with Crippen LogP contribution in [-0.4, -0.2) is 36.5 Å². The molecule has 1 amide bonds. The van der Waals surface area contributed by atoms with Gasteiger partial charge in [0, 0.05) is 13.1 Å². The van der Waals surface area contributed by atoms with Crippen LogP contribution in [0.3, 0.4) is 0 Å². The Morgan fingerprint density at radius 2 is 1.93 bits per heavy atom. The van der Waals surface area contributed by atoms with E-state index in [0.29, 0.717) is 5.91 Å². The second kappa shape index (κ2) is 6.83. The summed E-state index contributed by atoms with van der Waals surface area (Å²) in [6.45, 7) is 7.08. The van der Waals surface area contributed by atoms with Gasteiger partial charge in [-0.25, -0.2) is 0 Å². The Labute approximate surface area is 93.2 Å².